The van der Waals surface area contributed by atoms with Crippen LogP contribution in [0.5, 0.6) is 0 Å². The SMILES string of the molecule is O=C(Nc1ccc[nH]c1=O)NC1CCN(C2CCS(=O)(=O)CC2)CC1. The Balaban J connectivity index is 1.44. The first-order valence-corrected chi connectivity index (χ1v) is 10.4. The van der Waals surface area contributed by atoms with E-state index in [0.717, 1.165) is 25.9 Å². The predicted molar refractivity (Wildman–Crippen MR) is 95.5 cm³/mol. The lowest BCUT2D eigenvalue weighted by molar-refractivity contribution is 0.136. The van der Waals surface area contributed by atoms with Crippen molar-refractivity contribution in [3.63, 3.8) is 0 Å². The highest BCUT2D eigenvalue weighted by Crippen LogP contribution is 2.22. The zero-order chi connectivity index (χ0) is 17.9. The van der Waals surface area contributed by atoms with Gasteiger partial charge in [-0.3, -0.25) is 4.79 Å². The van der Waals surface area contributed by atoms with E-state index in [9.17, 15) is 18.0 Å². The highest BCUT2D eigenvalue weighted by Gasteiger charge is 2.30. The van der Waals surface area contributed by atoms with E-state index < -0.39 is 9.84 Å². The van der Waals surface area contributed by atoms with Crippen molar-refractivity contribution in [3.05, 3.63) is 28.7 Å². The van der Waals surface area contributed by atoms with Gasteiger partial charge in [0, 0.05) is 31.4 Å². The highest BCUT2D eigenvalue weighted by atomic mass is 32.2. The molecule has 2 fully saturated rings. The molecule has 25 heavy (non-hydrogen) atoms. The lowest BCUT2D eigenvalue weighted by Crippen LogP contribution is -2.50. The molecule has 3 rings (SSSR count). The Morgan fingerprint density at radius 2 is 1.84 bits per heavy atom. The van der Waals surface area contributed by atoms with Gasteiger partial charge >= 0.3 is 6.03 Å². The van der Waals surface area contributed by atoms with Gasteiger partial charge in [0.15, 0.2) is 0 Å². The number of hydrogen-bond donors (Lipinski definition) is 3. The van der Waals surface area contributed by atoms with Gasteiger partial charge in [-0.15, -0.1) is 0 Å². The van der Waals surface area contributed by atoms with Crippen molar-refractivity contribution in [1.29, 1.82) is 0 Å². The zero-order valence-electron chi connectivity index (χ0n) is 14.0. The summed E-state index contributed by atoms with van der Waals surface area (Å²) in [6.45, 7) is 1.70. The first-order valence-electron chi connectivity index (χ1n) is 8.63. The molecular weight excluding hydrogens is 344 g/mol. The number of aromatic nitrogens is 1. The van der Waals surface area contributed by atoms with E-state index in [2.05, 4.69) is 20.5 Å². The van der Waals surface area contributed by atoms with Crippen LogP contribution in [-0.4, -0.2) is 61.0 Å². The molecule has 0 aromatic carbocycles. The molecular formula is C16H24N4O4S. The average molecular weight is 368 g/mol. The monoisotopic (exact) mass is 368 g/mol. The fourth-order valence-corrected chi connectivity index (χ4v) is 4.98. The normalized spacial score (nSPS) is 22.4. The number of pyridine rings is 1. The van der Waals surface area contributed by atoms with Gasteiger partial charge in [-0.2, -0.15) is 0 Å². The number of aromatic amines is 1. The fraction of sp³-hybridized carbons (Fsp3) is 0.625. The second-order valence-electron chi connectivity index (χ2n) is 6.70. The number of sulfone groups is 1. The second kappa shape index (κ2) is 7.57. The van der Waals surface area contributed by atoms with Crippen molar-refractivity contribution in [2.75, 3.05) is 29.9 Å². The topological polar surface area (TPSA) is 111 Å². The largest absolute Gasteiger partial charge is 0.335 e. The summed E-state index contributed by atoms with van der Waals surface area (Å²) in [4.78, 5) is 28.4. The molecule has 2 amide bonds. The van der Waals surface area contributed by atoms with Crippen LogP contribution in [-0.2, 0) is 9.84 Å². The van der Waals surface area contributed by atoms with Crippen molar-refractivity contribution >= 4 is 21.6 Å². The molecule has 1 aromatic rings. The van der Waals surface area contributed by atoms with E-state index in [1.165, 1.54) is 6.20 Å². The molecule has 3 N–H and O–H groups in total. The molecule has 0 radical (unpaired) electrons. The predicted octanol–water partition coefficient (Wildman–Crippen LogP) is 0.538. The van der Waals surface area contributed by atoms with Crippen LogP contribution in [0.2, 0.25) is 0 Å². The second-order valence-corrected chi connectivity index (χ2v) is 9.01. The number of amides is 2. The van der Waals surface area contributed by atoms with E-state index in [-0.39, 0.29) is 34.8 Å². The Kier molecular flexibility index (Phi) is 5.43. The number of nitrogens with zero attached hydrogens (tertiary/aromatic N) is 1. The summed E-state index contributed by atoms with van der Waals surface area (Å²) >= 11 is 0. The third kappa shape index (κ3) is 4.82. The number of H-pyrrole nitrogens is 1. The van der Waals surface area contributed by atoms with Crippen LogP contribution in [0.3, 0.4) is 0 Å². The summed E-state index contributed by atoms with van der Waals surface area (Å²) in [5.74, 6) is 0.563. The molecule has 8 nitrogen and oxygen atoms in total. The minimum Gasteiger partial charge on any atom is -0.335 e. The maximum atomic E-state index is 12.0. The third-order valence-electron chi connectivity index (χ3n) is 4.97. The highest BCUT2D eigenvalue weighted by molar-refractivity contribution is 7.91. The quantitative estimate of drug-likeness (QED) is 0.721. The first kappa shape index (κ1) is 17.9. The van der Waals surface area contributed by atoms with E-state index in [4.69, 9.17) is 0 Å². The summed E-state index contributed by atoms with van der Waals surface area (Å²) in [6.07, 6.45) is 4.57. The van der Waals surface area contributed by atoms with Crippen LogP contribution in [0.25, 0.3) is 0 Å². The van der Waals surface area contributed by atoms with Gasteiger partial charge in [0.2, 0.25) is 0 Å². The molecule has 2 aliphatic rings. The maximum absolute atomic E-state index is 12.0. The van der Waals surface area contributed by atoms with Gasteiger partial charge in [0.25, 0.3) is 5.56 Å². The van der Waals surface area contributed by atoms with Crippen molar-refractivity contribution in [2.45, 2.75) is 37.8 Å². The van der Waals surface area contributed by atoms with Gasteiger partial charge in [-0.25, -0.2) is 13.2 Å². The standard InChI is InChI=1S/C16H24N4O4S/c21-15-14(2-1-7-17-15)19-16(22)18-12-3-8-20(9-4-12)13-5-10-25(23,24)11-6-13/h1-2,7,12-13H,3-6,8-11H2,(H,17,21)(H2,18,19,22). The van der Waals surface area contributed by atoms with E-state index in [1.54, 1.807) is 12.1 Å². The minimum absolute atomic E-state index is 0.0615. The van der Waals surface area contributed by atoms with Crippen molar-refractivity contribution in [3.8, 4) is 0 Å². The molecule has 0 atom stereocenters. The number of nitrogens with one attached hydrogen (secondary N) is 3. The smallest absolute Gasteiger partial charge is 0.319 e. The Morgan fingerprint density at radius 3 is 2.48 bits per heavy atom. The molecule has 0 aliphatic carbocycles. The number of piperidine rings is 1. The molecule has 0 spiro atoms. The summed E-state index contributed by atoms with van der Waals surface area (Å²) in [5, 5.41) is 5.47. The van der Waals surface area contributed by atoms with Crippen molar-refractivity contribution in [1.82, 2.24) is 15.2 Å². The lowest BCUT2D eigenvalue weighted by atomic mass is 10.0. The summed E-state index contributed by atoms with van der Waals surface area (Å²) in [6, 6.07) is 3.23. The van der Waals surface area contributed by atoms with Gasteiger partial charge in [-0.05, 0) is 37.8 Å². The van der Waals surface area contributed by atoms with Gasteiger partial charge in [0.1, 0.15) is 15.5 Å². The molecule has 9 heteroatoms. The van der Waals surface area contributed by atoms with Crippen LogP contribution in [0.4, 0.5) is 10.5 Å². The molecule has 1 aromatic heterocycles. The number of urea groups is 1. The Hall–Kier alpha value is -1.87. The average Bonchev–Trinajstić information content (AvgIpc) is 2.58. The van der Waals surface area contributed by atoms with Gasteiger partial charge < -0.3 is 20.5 Å². The van der Waals surface area contributed by atoms with Crippen LogP contribution in [0.15, 0.2) is 23.1 Å². The summed E-state index contributed by atoms with van der Waals surface area (Å²) in [7, 11) is -2.83. The van der Waals surface area contributed by atoms with Crippen LogP contribution in [0, 0.1) is 0 Å². The number of carbonyl (C=O) groups excluding carboxylic acids is 1. The summed E-state index contributed by atoms with van der Waals surface area (Å²) in [5.41, 5.74) is -0.111. The molecule has 0 bridgehead atoms. The molecule has 2 saturated heterocycles. The number of likely N-dealkylation sites (tertiary alicyclic amines) is 1. The Morgan fingerprint density at radius 1 is 1.16 bits per heavy atom. The van der Waals surface area contributed by atoms with Crippen molar-refractivity contribution < 1.29 is 13.2 Å². The Bertz CT molecular complexity index is 754. The number of rotatable bonds is 3. The van der Waals surface area contributed by atoms with E-state index in [0.29, 0.717) is 18.9 Å². The lowest BCUT2D eigenvalue weighted by Gasteiger charge is -2.39. The molecule has 138 valence electrons. The fourth-order valence-electron chi connectivity index (χ4n) is 3.52. The van der Waals surface area contributed by atoms with Crippen LogP contribution >= 0.6 is 0 Å². The number of anilines is 1. The van der Waals surface area contributed by atoms with E-state index in [1.807, 2.05) is 0 Å². The Labute approximate surface area is 146 Å². The molecule has 0 saturated carbocycles. The maximum Gasteiger partial charge on any atom is 0.319 e. The molecule has 3 heterocycles. The third-order valence-corrected chi connectivity index (χ3v) is 6.69. The first-order chi connectivity index (χ1) is 11.9. The van der Waals surface area contributed by atoms with Crippen LogP contribution in [0.1, 0.15) is 25.7 Å². The minimum atomic E-state index is -2.83. The molecule has 0 unspecified atom stereocenters. The van der Waals surface area contributed by atoms with Gasteiger partial charge in [0.05, 0.1) is 11.5 Å². The zero-order valence-corrected chi connectivity index (χ0v) is 14.8. The summed E-state index contributed by atoms with van der Waals surface area (Å²) < 4.78 is 23.1. The number of carbonyl (C=O) groups is 1. The van der Waals surface area contributed by atoms with Gasteiger partial charge in [-0.1, -0.05) is 0 Å². The van der Waals surface area contributed by atoms with E-state index >= 15 is 0 Å². The molecule has 2 aliphatic heterocycles. The van der Waals surface area contributed by atoms with Crippen molar-refractivity contribution in [2.24, 2.45) is 0 Å². The van der Waals surface area contributed by atoms with Crippen LogP contribution < -0.4 is 16.2 Å². The number of hydrogen-bond acceptors (Lipinski definition) is 5.